The van der Waals surface area contributed by atoms with Crippen molar-refractivity contribution in [2.45, 2.75) is 12.5 Å². The standard InChI is InChI=1S/C9H11N3O4/c10-2-1-6-3-7(11-14)4-8(13)5-9(6)12(15)16/h3-5,7,13H,1-2,10H2. The number of nitrogens with two attached hydrogens (primary N) is 1. The Labute approximate surface area is 91.1 Å². The van der Waals surface area contributed by atoms with Crippen LogP contribution in [0.3, 0.4) is 0 Å². The number of aliphatic hydroxyl groups is 1. The predicted molar refractivity (Wildman–Crippen MR) is 57.1 cm³/mol. The molecule has 7 nitrogen and oxygen atoms in total. The summed E-state index contributed by atoms with van der Waals surface area (Å²) in [6.45, 7) is 0.212. The molecule has 0 saturated heterocycles. The zero-order valence-corrected chi connectivity index (χ0v) is 8.37. The van der Waals surface area contributed by atoms with Gasteiger partial charge in [0.2, 0.25) is 0 Å². The monoisotopic (exact) mass is 225 g/mol. The third-order valence-electron chi connectivity index (χ3n) is 2.06. The molecule has 1 rings (SSSR count). The van der Waals surface area contributed by atoms with Gasteiger partial charge in [-0.3, -0.25) is 10.1 Å². The molecule has 1 unspecified atom stereocenters. The minimum atomic E-state index is -0.907. The zero-order chi connectivity index (χ0) is 12.1. The van der Waals surface area contributed by atoms with Crippen molar-refractivity contribution < 1.29 is 10.0 Å². The first-order valence-electron chi connectivity index (χ1n) is 4.59. The van der Waals surface area contributed by atoms with Crippen molar-refractivity contribution in [2.75, 3.05) is 6.54 Å². The Morgan fingerprint density at radius 2 is 2.25 bits per heavy atom. The lowest BCUT2D eigenvalue weighted by Gasteiger charge is -2.02. The molecule has 0 heterocycles. The second-order valence-electron chi connectivity index (χ2n) is 3.20. The summed E-state index contributed by atoms with van der Waals surface area (Å²) in [6, 6.07) is -0.907. The maximum Gasteiger partial charge on any atom is 0.276 e. The van der Waals surface area contributed by atoms with Crippen molar-refractivity contribution in [1.82, 2.24) is 0 Å². The topological polar surface area (TPSA) is 119 Å². The van der Waals surface area contributed by atoms with Crippen LogP contribution in [0, 0.1) is 15.0 Å². The van der Waals surface area contributed by atoms with E-state index in [1.54, 1.807) is 0 Å². The molecular weight excluding hydrogens is 214 g/mol. The number of allylic oxidation sites excluding steroid dienone is 2. The van der Waals surface area contributed by atoms with Crippen molar-refractivity contribution in [1.29, 1.82) is 0 Å². The van der Waals surface area contributed by atoms with Crippen LogP contribution in [0.15, 0.2) is 40.4 Å². The highest BCUT2D eigenvalue weighted by Gasteiger charge is 2.22. The van der Waals surface area contributed by atoms with E-state index in [9.17, 15) is 20.1 Å². The molecule has 3 N–H and O–H groups in total. The lowest BCUT2D eigenvalue weighted by molar-refractivity contribution is -0.421. The van der Waals surface area contributed by atoms with Crippen LogP contribution in [0.1, 0.15) is 6.42 Å². The van der Waals surface area contributed by atoms with E-state index in [1.807, 2.05) is 0 Å². The highest BCUT2D eigenvalue weighted by atomic mass is 16.6. The molecule has 0 radical (unpaired) electrons. The first-order chi connectivity index (χ1) is 7.58. The average Bonchev–Trinajstić information content (AvgIpc) is 2.38. The number of hydrogen-bond donors (Lipinski definition) is 2. The molecule has 0 saturated carbocycles. The Hall–Kier alpha value is -2.02. The van der Waals surface area contributed by atoms with E-state index >= 15 is 0 Å². The summed E-state index contributed by atoms with van der Waals surface area (Å²) in [6.07, 6.45) is 3.71. The lowest BCUT2D eigenvalue weighted by atomic mass is 10.1. The summed E-state index contributed by atoms with van der Waals surface area (Å²) in [5.74, 6) is -0.348. The van der Waals surface area contributed by atoms with Crippen LogP contribution in [0.4, 0.5) is 0 Å². The van der Waals surface area contributed by atoms with Crippen molar-refractivity contribution in [3.05, 3.63) is 50.3 Å². The van der Waals surface area contributed by atoms with Crippen molar-refractivity contribution in [3.63, 3.8) is 0 Å². The van der Waals surface area contributed by atoms with E-state index < -0.39 is 11.0 Å². The quantitative estimate of drug-likeness (QED) is 0.420. The number of aliphatic hydroxyl groups excluding tert-OH is 1. The SMILES string of the molecule is NCCC1=CC(N=O)C=C(O)C=C1[N+](=O)[O-]. The van der Waals surface area contributed by atoms with Gasteiger partial charge in [0.1, 0.15) is 11.8 Å². The highest BCUT2D eigenvalue weighted by Crippen LogP contribution is 2.21. The fraction of sp³-hybridized carbons (Fsp3) is 0.333. The van der Waals surface area contributed by atoms with Gasteiger partial charge in [-0.25, -0.2) is 0 Å². The maximum atomic E-state index is 10.7. The Morgan fingerprint density at radius 1 is 1.56 bits per heavy atom. The largest absolute Gasteiger partial charge is 0.508 e. The van der Waals surface area contributed by atoms with Crippen LogP contribution in [0.2, 0.25) is 0 Å². The Kier molecular flexibility index (Phi) is 3.90. The smallest absolute Gasteiger partial charge is 0.276 e. The van der Waals surface area contributed by atoms with E-state index in [0.29, 0.717) is 5.57 Å². The van der Waals surface area contributed by atoms with Crippen LogP contribution in [0.25, 0.3) is 0 Å². The van der Waals surface area contributed by atoms with Crippen molar-refractivity contribution in [2.24, 2.45) is 10.9 Å². The fourth-order valence-corrected chi connectivity index (χ4v) is 1.39. The molecule has 0 bridgehead atoms. The summed E-state index contributed by atoms with van der Waals surface area (Å²) in [5.41, 5.74) is 5.36. The second kappa shape index (κ2) is 5.17. The highest BCUT2D eigenvalue weighted by molar-refractivity contribution is 5.37. The number of nitrogens with zero attached hydrogens (tertiary/aromatic N) is 2. The molecule has 86 valence electrons. The molecule has 16 heavy (non-hydrogen) atoms. The van der Waals surface area contributed by atoms with Gasteiger partial charge in [-0.1, -0.05) is 5.18 Å². The van der Waals surface area contributed by atoms with Gasteiger partial charge in [0.05, 0.1) is 11.0 Å². The van der Waals surface area contributed by atoms with Gasteiger partial charge in [0.15, 0.2) is 0 Å². The van der Waals surface area contributed by atoms with Crippen molar-refractivity contribution in [3.8, 4) is 0 Å². The van der Waals surface area contributed by atoms with Gasteiger partial charge in [0.25, 0.3) is 5.70 Å². The maximum absolute atomic E-state index is 10.7. The zero-order valence-electron chi connectivity index (χ0n) is 8.37. The molecule has 0 aliphatic heterocycles. The summed E-state index contributed by atoms with van der Waals surface area (Å²) >= 11 is 0. The Morgan fingerprint density at radius 3 is 2.75 bits per heavy atom. The van der Waals surface area contributed by atoms with Gasteiger partial charge < -0.3 is 10.8 Å². The number of nitro groups is 1. The molecule has 1 aliphatic rings. The number of nitroso groups, excluding NO2 is 1. The fourth-order valence-electron chi connectivity index (χ4n) is 1.39. The third-order valence-corrected chi connectivity index (χ3v) is 2.06. The van der Waals surface area contributed by atoms with Crippen LogP contribution < -0.4 is 5.73 Å². The number of rotatable bonds is 4. The van der Waals surface area contributed by atoms with E-state index in [2.05, 4.69) is 5.18 Å². The van der Waals surface area contributed by atoms with Crippen LogP contribution >= 0.6 is 0 Å². The molecule has 7 heteroatoms. The van der Waals surface area contributed by atoms with Crippen molar-refractivity contribution >= 4 is 0 Å². The van der Waals surface area contributed by atoms with Gasteiger partial charge >= 0.3 is 0 Å². The minimum Gasteiger partial charge on any atom is -0.508 e. The average molecular weight is 225 g/mol. The van der Waals surface area contributed by atoms with Crippen LogP contribution in [-0.4, -0.2) is 22.6 Å². The summed E-state index contributed by atoms with van der Waals surface area (Å²) in [5, 5.41) is 22.8. The predicted octanol–water partition coefficient (Wildman–Crippen LogP) is 1.01. The van der Waals surface area contributed by atoms with Gasteiger partial charge in [-0.15, -0.1) is 4.91 Å². The van der Waals surface area contributed by atoms with Gasteiger partial charge in [-0.05, 0) is 25.1 Å². The molecule has 1 aliphatic carbocycles. The number of hydrogen-bond acceptors (Lipinski definition) is 6. The summed E-state index contributed by atoms with van der Waals surface area (Å²) < 4.78 is 0. The lowest BCUT2D eigenvalue weighted by Crippen LogP contribution is -2.08. The third kappa shape index (κ3) is 2.74. The molecule has 0 aromatic heterocycles. The normalized spacial score (nSPS) is 20.3. The van der Waals surface area contributed by atoms with E-state index in [4.69, 9.17) is 5.73 Å². The molecule has 1 atom stereocenters. The van der Waals surface area contributed by atoms with Crippen LogP contribution in [0.5, 0.6) is 0 Å². The summed E-state index contributed by atoms with van der Waals surface area (Å²) in [7, 11) is 0. The molecule has 0 fully saturated rings. The molecular formula is C9H11N3O4. The van der Waals surface area contributed by atoms with Gasteiger partial charge in [0, 0.05) is 5.57 Å². The molecule has 0 spiro atoms. The van der Waals surface area contributed by atoms with Gasteiger partial charge in [-0.2, -0.15) is 0 Å². The minimum absolute atomic E-state index is 0.212. The van der Waals surface area contributed by atoms with E-state index in [1.165, 1.54) is 6.08 Å². The molecule has 0 amide bonds. The van der Waals surface area contributed by atoms with E-state index in [0.717, 1.165) is 12.2 Å². The molecule has 0 aromatic rings. The first kappa shape index (κ1) is 12.1. The van der Waals surface area contributed by atoms with Crippen LogP contribution in [-0.2, 0) is 0 Å². The Balaban J connectivity index is 3.17. The Bertz CT molecular complexity index is 398. The first-order valence-corrected chi connectivity index (χ1v) is 4.59. The second-order valence-corrected chi connectivity index (χ2v) is 3.20. The van der Waals surface area contributed by atoms with E-state index in [-0.39, 0.29) is 24.4 Å². The summed E-state index contributed by atoms with van der Waals surface area (Å²) in [4.78, 5) is 20.5. The molecule has 0 aromatic carbocycles.